The topological polar surface area (TPSA) is 47.7 Å². The lowest BCUT2D eigenvalue weighted by Gasteiger charge is -2.29. The molecule has 1 aromatic rings. The van der Waals surface area contributed by atoms with Crippen molar-refractivity contribution in [3.8, 4) is 0 Å². The predicted molar refractivity (Wildman–Crippen MR) is 80.9 cm³/mol. The zero-order chi connectivity index (χ0) is 14.3. The van der Waals surface area contributed by atoms with Crippen molar-refractivity contribution in [3.63, 3.8) is 0 Å². The summed E-state index contributed by atoms with van der Waals surface area (Å²) in [6, 6.07) is 8.43. The van der Waals surface area contributed by atoms with Crippen LogP contribution in [0.3, 0.4) is 0 Å². The number of ether oxygens (including phenoxy) is 2. The third-order valence-electron chi connectivity index (χ3n) is 3.26. The second-order valence-corrected chi connectivity index (χ2v) is 5.39. The summed E-state index contributed by atoms with van der Waals surface area (Å²) in [4.78, 5) is 2.23. The highest BCUT2D eigenvalue weighted by Crippen LogP contribution is 2.19. The molecule has 0 fully saturated rings. The first kappa shape index (κ1) is 16.6. The third kappa shape index (κ3) is 5.20. The molecule has 0 bridgehead atoms. The first-order valence-corrected chi connectivity index (χ1v) is 7.11. The first-order valence-electron chi connectivity index (χ1n) is 6.31. The van der Waals surface area contributed by atoms with E-state index < -0.39 is 0 Å². The van der Waals surface area contributed by atoms with Gasteiger partial charge >= 0.3 is 0 Å². The molecule has 108 valence electrons. The van der Waals surface area contributed by atoms with Gasteiger partial charge in [0.1, 0.15) is 0 Å². The van der Waals surface area contributed by atoms with Crippen LogP contribution in [0.4, 0.5) is 0 Å². The fourth-order valence-electron chi connectivity index (χ4n) is 1.99. The van der Waals surface area contributed by atoms with Crippen molar-refractivity contribution in [2.75, 3.05) is 27.8 Å². The molecule has 4 nitrogen and oxygen atoms in total. The van der Waals surface area contributed by atoms with Gasteiger partial charge in [0, 0.05) is 44.2 Å². The average molecular weight is 331 g/mol. The predicted octanol–water partition coefficient (Wildman–Crippen LogP) is 2.22. The summed E-state index contributed by atoms with van der Waals surface area (Å²) >= 11 is 3.57. The van der Waals surface area contributed by atoms with Gasteiger partial charge in [-0.3, -0.25) is 4.90 Å². The summed E-state index contributed by atoms with van der Waals surface area (Å²) in [6.07, 6.45) is 0.542. The van der Waals surface area contributed by atoms with Gasteiger partial charge < -0.3 is 15.2 Å². The first-order chi connectivity index (χ1) is 9.12. The highest BCUT2D eigenvalue weighted by molar-refractivity contribution is 9.10. The number of hydrogen-bond donors (Lipinski definition) is 1. The minimum absolute atomic E-state index is 0.213. The molecular weight excluding hydrogens is 308 g/mol. The molecule has 0 saturated heterocycles. The van der Waals surface area contributed by atoms with Gasteiger partial charge in [-0.1, -0.05) is 34.1 Å². The van der Waals surface area contributed by atoms with Crippen molar-refractivity contribution < 1.29 is 9.47 Å². The molecule has 0 aliphatic rings. The monoisotopic (exact) mass is 330 g/mol. The quantitative estimate of drug-likeness (QED) is 0.742. The summed E-state index contributed by atoms with van der Waals surface area (Å²) in [7, 11) is 5.37. The molecule has 0 aliphatic carbocycles. The maximum atomic E-state index is 5.86. The second-order valence-electron chi connectivity index (χ2n) is 4.53. The SMILES string of the molecule is COC(CC(CN)N(C)Cc1ccccc1Br)OC. The maximum Gasteiger partial charge on any atom is 0.158 e. The van der Waals surface area contributed by atoms with E-state index in [4.69, 9.17) is 15.2 Å². The molecule has 5 heteroatoms. The number of hydrogen-bond acceptors (Lipinski definition) is 4. The van der Waals surface area contributed by atoms with E-state index in [1.807, 2.05) is 18.2 Å². The van der Waals surface area contributed by atoms with Crippen LogP contribution in [0.2, 0.25) is 0 Å². The molecule has 0 saturated carbocycles. The van der Waals surface area contributed by atoms with Crippen molar-refractivity contribution >= 4 is 15.9 Å². The Hall–Kier alpha value is -0.460. The Morgan fingerprint density at radius 2 is 1.89 bits per heavy atom. The molecule has 19 heavy (non-hydrogen) atoms. The number of halogens is 1. The van der Waals surface area contributed by atoms with E-state index in [-0.39, 0.29) is 12.3 Å². The summed E-state index contributed by atoms with van der Waals surface area (Å²) < 4.78 is 11.6. The van der Waals surface area contributed by atoms with Crippen molar-refractivity contribution in [3.05, 3.63) is 34.3 Å². The van der Waals surface area contributed by atoms with Crippen LogP contribution in [0.25, 0.3) is 0 Å². The van der Waals surface area contributed by atoms with Gasteiger partial charge in [0.05, 0.1) is 0 Å². The maximum absolute atomic E-state index is 5.86. The van der Waals surface area contributed by atoms with Gasteiger partial charge in [0.2, 0.25) is 0 Å². The van der Waals surface area contributed by atoms with Gasteiger partial charge in [-0.05, 0) is 18.7 Å². The number of nitrogens with zero attached hydrogens (tertiary/aromatic N) is 1. The Labute approximate surface area is 124 Å². The van der Waals surface area contributed by atoms with E-state index in [2.05, 4.69) is 33.9 Å². The van der Waals surface area contributed by atoms with Crippen LogP contribution in [0.15, 0.2) is 28.7 Å². The lowest BCUT2D eigenvalue weighted by Crippen LogP contribution is -2.40. The molecule has 1 unspecified atom stereocenters. The van der Waals surface area contributed by atoms with E-state index in [0.717, 1.165) is 17.4 Å². The fraction of sp³-hybridized carbons (Fsp3) is 0.571. The molecule has 0 spiro atoms. The van der Waals surface area contributed by atoms with Gasteiger partial charge in [0.15, 0.2) is 6.29 Å². The molecule has 0 amide bonds. The average Bonchev–Trinajstić information content (AvgIpc) is 2.42. The molecule has 0 heterocycles. The van der Waals surface area contributed by atoms with Crippen molar-refractivity contribution in [2.24, 2.45) is 5.73 Å². The third-order valence-corrected chi connectivity index (χ3v) is 4.04. The van der Waals surface area contributed by atoms with Gasteiger partial charge in [-0.15, -0.1) is 0 Å². The summed E-state index contributed by atoms with van der Waals surface area (Å²) in [5.74, 6) is 0. The number of nitrogens with two attached hydrogens (primary N) is 1. The minimum Gasteiger partial charge on any atom is -0.356 e. The number of methoxy groups -OCH3 is 2. The molecule has 1 rings (SSSR count). The zero-order valence-electron chi connectivity index (χ0n) is 11.8. The summed E-state index contributed by atoms with van der Waals surface area (Å²) in [5, 5.41) is 0. The molecule has 1 atom stereocenters. The Bertz CT molecular complexity index is 372. The Balaban J connectivity index is 2.63. The van der Waals surface area contributed by atoms with Gasteiger partial charge in [-0.25, -0.2) is 0 Å². The van der Waals surface area contributed by atoms with Crippen LogP contribution < -0.4 is 5.73 Å². The van der Waals surface area contributed by atoms with Crippen LogP contribution in [0, 0.1) is 0 Å². The van der Waals surface area contributed by atoms with Crippen molar-refractivity contribution in [1.82, 2.24) is 4.90 Å². The van der Waals surface area contributed by atoms with Crippen LogP contribution in [0.1, 0.15) is 12.0 Å². The fourth-order valence-corrected chi connectivity index (χ4v) is 2.40. The highest BCUT2D eigenvalue weighted by Gasteiger charge is 2.19. The smallest absolute Gasteiger partial charge is 0.158 e. The normalized spacial score (nSPS) is 13.2. The van der Waals surface area contributed by atoms with Crippen molar-refractivity contribution in [2.45, 2.75) is 25.3 Å². The molecule has 2 N–H and O–H groups in total. The molecule has 0 aromatic heterocycles. The Kier molecular flexibility index (Phi) is 7.56. The minimum atomic E-state index is -0.213. The number of rotatable bonds is 8. The van der Waals surface area contributed by atoms with E-state index >= 15 is 0 Å². The standard InChI is InChI=1S/C14H23BrN2O2/c1-17(10-11-6-4-5-7-13(11)15)12(9-16)8-14(18-2)19-3/h4-7,12,14H,8-10,16H2,1-3H3. The van der Waals surface area contributed by atoms with Crippen molar-refractivity contribution in [1.29, 1.82) is 0 Å². The largest absolute Gasteiger partial charge is 0.356 e. The van der Waals surface area contributed by atoms with Crippen LogP contribution in [-0.4, -0.2) is 45.0 Å². The molecule has 0 aliphatic heterocycles. The van der Waals surface area contributed by atoms with Crippen LogP contribution in [-0.2, 0) is 16.0 Å². The van der Waals surface area contributed by atoms with E-state index in [1.165, 1.54) is 5.56 Å². The van der Waals surface area contributed by atoms with Crippen LogP contribution >= 0.6 is 15.9 Å². The highest BCUT2D eigenvalue weighted by atomic mass is 79.9. The van der Waals surface area contributed by atoms with E-state index in [9.17, 15) is 0 Å². The Morgan fingerprint density at radius 3 is 2.42 bits per heavy atom. The summed E-state index contributed by atoms with van der Waals surface area (Å²) in [5.41, 5.74) is 7.10. The van der Waals surface area contributed by atoms with E-state index in [0.29, 0.717) is 6.54 Å². The van der Waals surface area contributed by atoms with Crippen LogP contribution in [0.5, 0.6) is 0 Å². The Morgan fingerprint density at radius 1 is 1.26 bits per heavy atom. The molecule has 0 radical (unpaired) electrons. The molecular formula is C14H23BrN2O2. The lowest BCUT2D eigenvalue weighted by molar-refractivity contribution is -0.116. The van der Waals surface area contributed by atoms with E-state index in [1.54, 1.807) is 14.2 Å². The lowest BCUT2D eigenvalue weighted by atomic mass is 10.1. The number of benzene rings is 1. The zero-order valence-corrected chi connectivity index (χ0v) is 13.4. The molecule has 1 aromatic carbocycles. The second kappa shape index (κ2) is 8.66. The number of likely N-dealkylation sites (N-methyl/N-ethyl adjacent to an activating group) is 1. The van der Waals surface area contributed by atoms with Gasteiger partial charge in [-0.2, -0.15) is 0 Å². The van der Waals surface area contributed by atoms with Gasteiger partial charge in [0.25, 0.3) is 0 Å². The summed E-state index contributed by atoms with van der Waals surface area (Å²) in [6.45, 7) is 1.41.